The molecule has 0 atom stereocenters. The zero-order valence-corrected chi connectivity index (χ0v) is 29.1. The van der Waals surface area contributed by atoms with Crippen LogP contribution < -0.4 is 16.4 Å². The van der Waals surface area contributed by atoms with E-state index in [1.165, 1.54) is 104 Å². The Bertz CT molecular complexity index is 2880. The minimum absolute atomic E-state index is 0.200. The molecule has 0 amide bonds. The summed E-state index contributed by atoms with van der Waals surface area (Å²) in [5, 5.41) is 7.88. The van der Waals surface area contributed by atoms with Gasteiger partial charge in [0.2, 0.25) is 6.71 Å². The normalized spacial score (nSPS) is 12.1. The van der Waals surface area contributed by atoms with E-state index < -0.39 is 0 Å². The fourth-order valence-electron chi connectivity index (χ4n) is 9.29. The van der Waals surface area contributed by atoms with Gasteiger partial charge in [-0.1, -0.05) is 211 Å². The predicted molar refractivity (Wildman–Crippen MR) is 228 cm³/mol. The van der Waals surface area contributed by atoms with Crippen molar-refractivity contribution in [2.45, 2.75) is 0 Å². The maximum Gasteiger partial charge on any atom is 0.242 e. The van der Waals surface area contributed by atoms with Crippen molar-refractivity contribution in [2.75, 3.05) is 0 Å². The molecule has 0 fully saturated rings. The average Bonchev–Trinajstić information content (AvgIpc) is 3.57. The molecule has 1 aliphatic heterocycles. The molecule has 0 nitrogen and oxygen atoms in total. The lowest BCUT2D eigenvalue weighted by Gasteiger charge is -2.22. The molecule has 11 rings (SSSR count). The molecule has 0 spiro atoms. The molecular formula is C52H33B. The van der Waals surface area contributed by atoms with Gasteiger partial charge in [0.25, 0.3) is 0 Å². The second kappa shape index (κ2) is 11.9. The molecule has 0 saturated carbocycles. The molecule has 0 radical (unpaired) electrons. The second-order valence-electron chi connectivity index (χ2n) is 14.3. The van der Waals surface area contributed by atoms with Crippen LogP contribution in [-0.4, -0.2) is 6.71 Å². The van der Waals surface area contributed by atoms with Crippen LogP contribution >= 0.6 is 0 Å². The van der Waals surface area contributed by atoms with E-state index in [0.29, 0.717) is 0 Å². The summed E-state index contributed by atoms with van der Waals surface area (Å²) in [6, 6.07) is 74.1. The first-order valence-electron chi connectivity index (χ1n) is 18.6. The van der Waals surface area contributed by atoms with Crippen LogP contribution in [0.2, 0.25) is 0 Å². The smallest absolute Gasteiger partial charge is 0.0686 e. The predicted octanol–water partition coefficient (Wildman–Crippen LogP) is 11.7. The molecule has 1 heteroatoms. The Hall–Kier alpha value is -6.70. The molecule has 1 heterocycles. The Morgan fingerprint density at radius 1 is 0.283 bits per heavy atom. The van der Waals surface area contributed by atoms with Crippen LogP contribution in [-0.2, 0) is 0 Å². The summed E-state index contributed by atoms with van der Waals surface area (Å²) in [4.78, 5) is 0. The van der Waals surface area contributed by atoms with Gasteiger partial charge >= 0.3 is 0 Å². The van der Waals surface area contributed by atoms with Crippen LogP contribution in [0.4, 0.5) is 0 Å². The van der Waals surface area contributed by atoms with Gasteiger partial charge < -0.3 is 0 Å². The third kappa shape index (κ3) is 4.57. The highest BCUT2D eigenvalue weighted by atomic mass is 14.3. The highest BCUT2D eigenvalue weighted by Crippen LogP contribution is 2.48. The van der Waals surface area contributed by atoms with Gasteiger partial charge in [-0.05, 0) is 94.0 Å². The van der Waals surface area contributed by atoms with Crippen LogP contribution in [0.1, 0.15) is 0 Å². The van der Waals surface area contributed by atoms with Crippen molar-refractivity contribution in [2.24, 2.45) is 0 Å². The quantitative estimate of drug-likeness (QED) is 0.126. The van der Waals surface area contributed by atoms with Crippen molar-refractivity contribution in [1.29, 1.82) is 0 Å². The van der Waals surface area contributed by atoms with Crippen LogP contribution in [0.25, 0.3) is 88.0 Å². The first-order valence-corrected chi connectivity index (χ1v) is 18.6. The Kier molecular flexibility index (Phi) is 6.75. The van der Waals surface area contributed by atoms with Crippen LogP contribution in [0.5, 0.6) is 0 Å². The summed E-state index contributed by atoms with van der Waals surface area (Å²) in [6.45, 7) is 0.200. The maximum absolute atomic E-state index is 2.50. The SMILES string of the molecule is c1ccc(B2c3ccccc3-c3c2cc2ccc4c(-c5ccccc5-c5ccccc5)cc(-c5ccccc5-c5ccccc5)c5ccc3c2c45)cc1. The van der Waals surface area contributed by atoms with E-state index in [-0.39, 0.29) is 6.71 Å². The van der Waals surface area contributed by atoms with E-state index in [0.717, 1.165) is 0 Å². The third-order valence-electron chi connectivity index (χ3n) is 11.5. The molecule has 0 aromatic heterocycles. The zero-order chi connectivity index (χ0) is 34.9. The number of rotatable bonds is 5. The van der Waals surface area contributed by atoms with Gasteiger partial charge in [-0.3, -0.25) is 0 Å². The van der Waals surface area contributed by atoms with Crippen molar-refractivity contribution < 1.29 is 0 Å². The fraction of sp³-hybridized carbons (Fsp3) is 0. The van der Waals surface area contributed by atoms with E-state index >= 15 is 0 Å². The average molecular weight is 669 g/mol. The number of fused-ring (bicyclic) bond motifs is 4. The minimum Gasteiger partial charge on any atom is -0.0686 e. The molecule has 0 N–H and O–H groups in total. The van der Waals surface area contributed by atoms with Crippen LogP contribution in [0, 0.1) is 0 Å². The Morgan fingerprint density at radius 2 is 0.755 bits per heavy atom. The van der Waals surface area contributed by atoms with Gasteiger partial charge in [0.1, 0.15) is 0 Å². The van der Waals surface area contributed by atoms with Crippen molar-refractivity contribution in [3.63, 3.8) is 0 Å². The van der Waals surface area contributed by atoms with E-state index in [2.05, 4.69) is 200 Å². The summed E-state index contributed by atoms with van der Waals surface area (Å²) in [7, 11) is 0. The lowest BCUT2D eigenvalue weighted by Crippen LogP contribution is -2.48. The van der Waals surface area contributed by atoms with E-state index in [1.807, 2.05) is 0 Å². The van der Waals surface area contributed by atoms with E-state index in [9.17, 15) is 0 Å². The third-order valence-corrected chi connectivity index (χ3v) is 11.5. The molecular weight excluding hydrogens is 635 g/mol. The summed E-state index contributed by atoms with van der Waals surface area (Å²) < 4.78 is 0. The molecule has 0 saturated heterocycles. The largest absolute Gasteiger partial charge is 0.242 e. The lowest BCUT2D eigenvalue weighted by atomic mass is 9.39. The highest BCUT2D eigenvalue weighted by molar-refractivity contribution is 6.99. The molecule has 10 aromatic carbocycles. The van der Waals surface area contributed by atoms with Gasteiger partial charge in [0.15, 0.2) is 0 Å². The Labute approximate surface area is 310 Å². The molecule has 53 heavy (non-hydrogen) atoms. The molecule has 1 aliphatic rings. The van der Waals surface area contributed by atoms with Crippen molar-refractivity contribution >= 4 is 55.4 Å². The molecule has 244 valence electrons. The maximum atomic E-state index is 2.50. The van der Waals surface area contributed by atoms with Gasteiger partial charge in [-0.15, -0.1) is 0 Å². The van der Waals surface area contributed by atoms with Crippen LogP contribution in [0.15, 0.2) is 200 Å². The van der Waals surface area contributed by atoms with Crippen molar-refractivity contribution in [1.82, 2.24) is 0 Å². The zero-order valence-electron chi connectivity index (χ0n) is 29.1. The molecule has 10 aromatic rings. The van der Waals surface area contributed by atoms with E-state index in [1.54, 1.807) is 0 Å². The number of hydrogen-bond acceptors (Lipinski definition) is 0. The van der Waals surface area contributed by atoms with Gasteiger partial charge in [-0.2, -0.15) is 0 Å². The topological polar surface area (TPSA) is 0 Å². The Balaban J connectivity index is 1.28. The molecule has 0 bridgehead atoms. The highest BCUT2D eigenvalue weighted by Gasteiger charge is 2.35. The summed E-state index contributed by atoms with van der Waals surface area (Å²) in [5.41, 5.74) is 16.8. The van der Waals surface area contributed by atoms with Crippen molar-refractivity contribution in [3.8, 4) is 55.6 Å². The minimum atomic E-state index is 0.200. The summed E-state index contributed by atoms with van der Waals surface area (Å²) in [6.07, 6.45) is 0. The number of hydrogen-bond donors (Lipinski definition) is 0. The first kappa shape index (κ1) is 30.0. The molecule has 0 aliphatic carbocycles. The monoisotopic (exact) mass is 668 g/mol. The van der Waals surface area contributed by atoms with E-state index in [4.69, 9.17) is 0 Å². The van der Waals surface area contributed by atoms with Gasteiger partial charge in [0, 0.05) is 0 Å². The number of benzene rings is 10. The molecule has 0 unspecified atom stereocenters. The Morgan fingerprint density at radius 3 is 1.36 bits per heavy atom. The standard InChI is InChI=1S/C52H33B/c1-4-16-34(17-5-1)38-22-10-12-24-40(38)46-33-47(41-25-13-11-23-39(41)35-18-6-2-7-19-35)43-30-31-45-50-36(28-29-42(46)52(43)50)32-49-51(45)44-26-14-15-27-48(44)53(49)37-20-8-3-9-21-37/h1-33H. The van der Waals surface area contributed by atoms with Crippen LogP contribution in [0.3, 0.4) is 0 Å². The van der Waals surface area contributed by atoms with Gasteiger partial charge in [-0.25, -0.2) is 0 Å². The summed E-state index contributed by atoms with van der Waals surface area (Å²) >= 11 is 0. The first-order chi connectivity index (χ1) is 26.3. The lowest BCUT2D eigenvalue weighted by molar-refractivity contribution is 1.58. The second-order valence-corrected chi connectivity index (χ2v) is 14.3. The fourth-order valence-corrected chi connectivity index (χ4v) is 9.29. The summed E-state index contributed by atoms with van der Waals surface area (Å²) in [5.74, 6) is 0. The van der Waals surface area contributed by atoms with Gasteiger partial charge in [0.05, 0.1) is 0 Å². The van der Waals surface area contributed by atoms with Crippen molar-refractivity contribution in [3.05, 3.63) is 200 Å².